The van der Waals surface area contributed by atoms with Crippen LogP contribution in [-0.4, -0.2) is 26.4 Å². The maximum atomic E-state index is 13.5. The summed E-state index contributed by atoms with van der Waals surface area (Å²) in [4.78, 5) is 12.6. The average Bonchev–Trinajstić information content (AvgIpc) is 3.20. The van der Waals surface area contributed by atoms with Crippen LogP contribution in [0.1, 0.15) is 11.1 Å². The molecule has 0 saturated carbocycles. The predicted octanol–water partition coefficient (Wildman–Crippen LogP) is 5.42. The molecule has 1 N–H and O–H groups in total. The lowest BCUT2D eigenvalue weighted by Gasteiger charge is -2.11. The molecule has 0 aliphatic rings. The number of nitrogens with one attached hydrogen (secondary N) is 1. The fourth-order valence-corrected chi connectivity index (χ4v) is 3.90. The first-order chi connectivity index (χ1) is 15.0. The molecule has 7 heteroatoms. The molecule has 0 radical (unpaired) electrons. The number of carbonyl (C=O) groups is 1. The largest absolute Gasteiger partial charge is 0.325 e. The molecule has 0 spiro atoms. The normalized spacial score (nSPS) is 10.8. The molecule has 0 unspecified atom stereocenters. The van der Waals surface area contributed by atoms with Gasteiger partial charge in [-0.3, -0.25) is 9.36 Å². The van der Waals surface area contributed by atoms with Gasteiger partial charge in [-0.25, -0.2) is 4.39 Å². The third-order valence-corrected chi connectivity index (χ3v) is 5.68. The minimum Gasteiger partial charge on any atom is -0.325 e. The minimum absolute atomic E-state index is 0.131. The third kappa shape index (κ3) is 4.83. The Kier molecular flexibility index (Phi) is 6.13. The van der Waals surface area contributed by atoms with E-state index in [2.05, 4.69) is 15.5 Å². The van der Waals surface area contributed by atoms with Gasteiger partial charge in [-0.05, 0) is 55.3 Å². The zero-order chi connectivity index (χ0) is 21.8. The maximum absolute atomic E-state index is 13.5. The van der Waals surface area contributed by atoms with Crippen molar-refractivity contribution in [1.82, 2.24) is 14.8 Å². The van der Waals surface area contributed by atoms with Crippen molar-refractivity contribution in [2.45, 2.75) is 19.0 Å². The Balaban J connectivity index is 1.59. The second kappa shape index (κ2) is 9.14. The zero-order valence-corrected chi connectivity index (χ0v) is 18.0. The number of hydrogen-bond donors (Lipinski definition) is 1. The van der Waals surface area contributed by atoms with Crippen molar-refractivity contribution in [1.29, 1.82) is 0 Å². The highest BCUT2D eigenvalue weighted by atomic mass is 32.2. The molecule has 4 aromatic rings. The van der Waals surface area contributed by atoms with Crippen LogP contribution in [-0.2, 0) is 4.79 Å². The van der Waals surface area contributed by atoms with Crippen molar-refractivity contribution in [3.05, 3.63) is 89.7 Å². The summed E-state index contributed by atoms with van der Waals surface area (Å²) in [6.07, 6.45) is 0. The number of aromatic nitrogens is 3. The Bertz CT molecular complexity index is 1210. The van der Waals surface area contributed by atoms with Gasteiger partial charge in [0.2, 0.25) is 5.91 Å². The fourth-order valence-electron chi connectivity index (χ4n) is 3.15. The average molecular weight is 433 g/mol. The highest BCUT2D eigenvalue weighted by Crippen LogP contribution is 2.28. The number of anilines is 1. The minimum atomic E-state index is -0.319. The van der Waals surface area contributed by atoms with Gasteiger partial charge >= 0.3 is 0 Å². The predicted molar refractivity (Wildman–Crippen MR) is 122 cm³/mol. The monoisotopic (exact) mass is 432 g/mol. The molecule has 0 fully saturated rings. The lowest BCUT2D eigenvalue weighted by molar-refractivity contribution is -0.113. The Morgan fingerprint density at radius 3 is 2.48 bits per heavy atom. The number of rotatable bonds is 6. The molecule has 1 heterocycles. The van der Waals surface area contributed by atoms with Gasteiger partial charge in [0.05, 0.1) is 5.75 Å². The van der Waals surface area contributed by atoms with E-state index in [0.717, 1.165) is 28.1 Å². The summed E-state index contributed by atoms with van der Waals surface area (Å²) in [5.41, 5.74) is 4.49. The van der Waals surface area contributed by atoms with E-state index in [9.17, 15) is 9.18 Å². The summed E-state index contributed by atoms with van der Waals surface area (Å²) in [6.45, 7) is 3.94. The van der Waals surface area contributed by atoms with E-state index in [-0.39, 0.29) is 17.5 Å². The van der Waals surface area contributed by atoms with Crippen LogP contribution in [0.5, 0.6) is 0 Å². The number of carbonyl (C=O) groups excluding carboxylic acids is 1. The smallest absolute Gasteiger partial charge is 0.234 e. The summed E-state index contributed by atoms with van der Waals surface area (Å²) in [5, 5.41) is 12.2. The number of nitrogens with zero attached hydrogens (tertiary/aromatic N) is 3. The third-order valence-electron chi connectivity index (χ3n) is 4.75. The van der Waals surface area contributed by atoms with Crippen LogP contribution < -0.4 is 5.32 Å². The van der Waals surface area contributed by atoms with Crippen molar-refractivity contribution in [3.63, 3.8) is 0 Å². The van der Waals surface area contributed by atoms with Crippen LogP contribution >= 0.6 is 11.8 Å². The standard InChI is InChI=1S/C24H21FN4OS/c1-16-8-9-17(2)21(14-16)26-22(30)15-31-24-28-27-23(18-6-4-3-5-7-18)29(24)20-12-10-19(25)11-13-20/h3-14H,15H2,1-2H3,(H,26,30). The number of halogens is 1. The zero-order valence-electron chi connectivity index (χ0n) is 17.2. The summed E-state index contributed by atoms with van der Waals surface area (Å²) < 4.78 is 15.3. The van der Waals surface area contributed by atoms with Crippen LogP contribution in [0.2, 0.25) is 0 Å². The second-order valence-electron chi connectivity index (χ2n) is 7.14. The van der Waals surface area contributed by atoms with E-state index < -0.39 is 0 Å². The molecule has 0 aliphatic carbocycles. The SMILES string of the molecule is Cc1ccc(C)c(NC(=O)CSc2nnc(-c3ccccc3)n2-c2ccc(F)cc2)c1. The molecule has 0 bridgehead atoms. The maximum Gasteiger partial charge on any atom is 0.234 e. The number of amides is 1. The summed E-state index contributed by atoms with van der Waals surface area (Å²) in [6, 6.07) is 21.7. The molecular formula is C24H21FN4OS. The van der Waals surface area contributed by atoms with E-state index >= 15 is 0 Å². The van der Waals surface area contributed by atoms with Crippen molar-refractivity contribution in [2.75, 3.05) is 11.1 Å². The summed E-state index contributed by atoms with van der Waals surface area (Å²) in [5.74, 6) is 0.347. The van der Waals surface area contributed by atoms with E-state index in [1.165, 1.54) is 23.9 Å². The molecule has 31 heavy (non-hydrogen) atoms. The van der Waals surface area contributed by atoms with Crippen molar-refractivity contribution in [3.8, 4) is 17.1 Å². The quantitative estimate of drug-likeness (QED) is 0.413. The Morgan fingerprint density at radius 2 is 1.74 bits per heavy atom. The molecule has 156 valence electrons. The highest BCUT2D eigenvalue weighted by molar-refractivity contribution is 7.99. The molecule has 0 atom stereocenters. The second-order valence-corrected chi connectivity index (χ2v) is 8.08. The number of benzene rings is 3. The van der Waals surface area contributed by atoms with Crippen molar-refractivity contribution < 1.29 is 9.18 Å². The van der Waals surface area contributed by atoms with E-state index in [0.29, 0.717) is 11.0 Å². The van der Waals surface area contributed by atoms with Gasteiger partial charge in [0, 0.05) is 16.9 Å². The molecule has 4 rings (SSSR count). The molecular weight excluding hydrogens is 411 g/mol. The number of aryl methyl sites for hydroxylation is 2. The number of thioether (sulfide) groups is 1. The summed E-state index contributed by atoms with van der Waals surface area (Å²) in [7, 11) is 0. The fraction of sp³-hybridized carbons (Fsp3) is 0.125. The molecule has 3 aromatic carbocycles. The van der Waals surface area contributed by atoms with E-state index in [1.807, 2.05) is 66.9 Å². The first kappa shape index (κ1) is 20.8. The van der Waals surface area contributed by atoms with Crippen molar-refractivity contribution >= 4 is 23.4 Å². The molecule has 5 nitrogen and oxygen atoms in total. The van der Waals surface area contributed by atoms with Gasteiger partial charge in [-0.1, -0.05) is 54.2 Å². The molecule has 1 amide bonds. The lowest BCUT2D eigenvalue weighted by Crippen LogP contribution is -2.15. The first-order valence-electron chi connectivity index (χ1n) is 9.78. The highest BCUT2D eigenvalue weighted by Gasteiger charge is 2.17. The van der Waals surface area contributed by atoms with Gasteiger partial charge in [-0.15, -0.1) is 10.2 Å². The first-order valence-corrected chi connectivity index (χ1v) is 10.8. The van der Waals surface area contributed by atoms with E-state index in [1.54, 1.807) is 12.1 Å². The van der Waals surface area contributed by atoms with Gasteiger partial charge in [0.15, 0.2) is 11.0 Å². The molecule has 1 aromatic heterocycles. The van der Waals surface area contributed by atoms with Crippen LogP contribution in [0, 0.1) is 19.7 Å². The van der Waals surface area contributed by atoms with Gasteiger partial charge in [0.1, 0.15) is 5.82 Å². The van der Waals surface area contributed by atoms with Gasteiger partial charge in [0.25, 0.3) is 0 Å². The topological polar surface area (TPSA) is 59.8 Å². The van der Waals surface area contributed by atoms with Gasteiger partial charge in [-0.2, -0.15) is 0 Å². The Morgan fingerprint density at radius 1 is 1.00 bits per heavy atom. The van der Waals surface area contributed by atoms with Crippen LogP contribution in [0.3, 0.4) is 0 Å². The van der Waals surface area contributed by atoms with Crippen molar-refractivity contribution in [2.24, 2.45) is 0 Å². The summed E-state index contributed by atoms with van der Waals surface area (Å²) >= 11 is 1.28. The lowest BCUT2D eigenvalue weighted by atomic mass is 10.1. The molecule has 0 aliphatic heterocycles. The van der Waals surface area contributed by atoms with Crippen LogP contribution in [0.25, 0.3) is 17.1 Å². The van der Waals surface area contributed by atoms with E-state index in [4.69, 9.17) is 0 Å². The Hall–Kier alpha value is -3.45. The van der Waals surface area contributed by atoms with Gasteiger partial charge < -0.3 is 5.32 Å². The van der Waals surface area contributed by atoms with Crippen LogP contribution in [0.15, 0.2) is 78.0 Å². The molecule has 0 saturated heterocycles. The Labute approximate surface area is 184 Å². The number of hydrogen-bond acceptors (Lipinski definition) is 4. The van der Waals surface area contributed by atoms with Crippen LogP contribution in [0.4, 0.5) is 10.1 Å².